The Labute approximate surface area is 206 Å². The van der Waals surface area contributed by atoms with Crippen molar-refractivity contribution in [3.8, 4) is 22.8 Å². The van der Waals surface area contributed by atoms with Gasteiger partial charge in [0.15, 0.2) is 11.2 Å². The molecule has 8 heteroatoms. The second kappa shape index (κ2) is 10.4. The van der Waals surface area contributed by atoms with Crippen LogP contribution in [0.3, 0.4) is 0 Å². The average Bonchev–Trinajstić information content (AvgIpc) is 2.87. The lowest BCUT2D eigenvalue weighted by Gasteiger charge is -2.09. The van der Waals surface area contributed by atoms with Gasteiger partial charge in [0.1, 0.15) is 22.8 Å². The number of methoxy groups -OCH3 is 2. The number of carbonyl (C=O) groups excluding carboxylic acids is 2. The molecule has 0 unspecified atom stereocenters. The summed E-state index contributed by atoms with van der Waals surface area (Å²) in [5.41, 5.74) is 1.85. The maximum Gasteiger partial charge on any atom is 0.224 e. The Bertz CT molecular complexity index is 1460. The molecule has 4 aromatic rings. The van der Waals surface area contributed by atoms with E-state index in [1.807, 2.05) is 0 Å². The van der Waals surface area contributed by atoms with Crippen molar-refractivity contribution in [3.05, 3.63) is 87.5 Å². The van der Waals surface area contributed by atoms with Gasteiger partial charge in [-0.3, -0.25) is 14.4 Å². The van der Waals surface area contributed by atoms with E-state index >= 15 is 0 Å². The quantitative estimate of drug-likeness (QED) is 0.316. The first kappa shape index (κ1) is 24.0. The second-order valence-electron chi connectivity index (χ2n) is 7.73. The molecule has 35 heavy (non-hydrogen) atoms. The van der Waals surface area contributed by atoms with Gasteiger partial charge < -0.3 is 19.2 Å². The fraction of sp³-hybridized carbons (Fsp3) is 0.148. The van der Waals surface area contributed by atoms with E-state index in [-0.39, 0.29) is 30.0 Å². The number of fused-ring (bicyclic) bond motifs is 1. The van der Waals surface area contributed by atoms with Crippen molar-refractivity contribution >= 4 is 39.9 Å². The normalized spacial score (nSPS) is 10.7. The highest BCUT2D eigenvalue weighted by Gasteiger charge is 2.15. The minimum absolute atomic E-state index is 0.000730. The molecule has 4 rings (SSSR count). The molecule has 0 spiro atoms. The number of ether oxygens (including phenoxy) is 2. The molecule has 0 aliphatic carbocycles. The highest BCUT2D eigenvalue weighted by Crippen LogP contribution is 2.26. The first-order valence-electron chi connectivity index (χ1n) is 10.8. The first-order chi connectivity index (χ1) is 16.9. The van der Waals surface area contributed by atoms with Crippen LogP contribution in [-0.4, -0.2) is 25.9 Å². The molecule has 1 heterocycles. The molecule has 0 atom stereocenters. The SMILES string of the molecule is COc1ccc2oc(-c3ccc(NC(=O)CCC(=O)c4cc(Cl)ccc4OC)cc3)cc(=O)c2c1. The van der Waals surface area contributed by atoms with Crippen LogP contribution in [0.1, 0.15) is 23.2 Å². The van der Waals surface area contributed by atoms with Crippen molar-refractivity contribution in [2.24, 2.45) is 0 Å². The Morgan fingerprint density at radius 1 is 0.914 bits per heavy atom. The predicted octanol–water partition coefficient (Wildman–Crippen LogP) is 5.73. The van der Waals surface area contributed by atoms with Crippen LogP contribution < -0.4 is 20.2 Å². The van der Waals surface area contributed by atoms with Crippen LogP contribution in [0.2, 0.25) is 5.02 Å². The van der Waals surface area contributed by atoms with Gasteiger partial charge in [-0.05, 0) is 60.7 Å². The summed E-state index contributed by atoms with van der Waals surface area (Å²) < 4.78 is 16.2. The van der Waals surface area contributed by atoms with Crippen molar-refractivity contribution in [2.45, 2.75) is 12.8 Å². The number of hydrogen-bond donors (Lipinski definition) is 1. The predicted molar refractivity (Wildman–Crippen MR) is 135 cm³/mol. The van der Waals surface area contributed by atoms with Crippen LogP contribution in [0.25, 0.3) is 22.3 Å². The minimum Gasteiger partial charge on any atom is -0.497 e. The van der Waals surface area contributed by atoms with Gasteiger partial charge in [0, 0.05) is 35.2 Å². The van der Waals surface area contributed by atoms with Crippen LogP contribution in [0.4, 0.5) is 5.69 Å². The molecular weight excluding hydrogens is 470 g/mol. The number of anilines is 1. The fourth-order valence-electron chi connectivity index (χ4n) is 3.61. The summed E-state index contributed by atoms with van der Waals surface area (Å²) in [5.74, 6) is 0.851. The number of amides is 1. The van der Waals surface area contributed by atoms with Crippen molar-refractivity contribution in [1.29, 1.82) is 0 Å². The molecule has 0 fully saturated rings. The summed E-state index contributed by atoms with van der Waals surface area (Å²) in [6.45, 7) is 0. The lowest BCUT2D eigenvalue weighted by molar-refractivity contribution is -0.116. The molecule has 0 saturated heterocycles. The van der Waals surface area contributed by atoms with Gasteiger partial charge in [0.05, 0.1) is 25.2 Å². The molecule has 7 nitrogen and oxygen atoms in total. The zero-order valence-electron chi connectivity index (χ0n) is 19.1. The van der Waals surface area contributed by atoms with Crippen LogP contribution in [-0.2, 0) is 4.79 Å². The van der Waals surface area contributed by atoms with E-state index in [9.17, 15) is 14.4 Å². The van der Waals surface area contributed by atoms with Crippen LogP contribution in [0.15, 0.2) is 75.9 Å². The number of halogens is 1. The molecule has 0 bridgehead atoms. The maximum absolute atomic E-state index is 12.5. The number of carbonyl (C=O) groups is 2. The molecule has 1 N–H and O–H groups in total. The highest BCUT2D eigenvalue weighted by molar-refractivity contribution is 6.31. The Balaban J connectivity index is 1.41. The average molecular weight is 492 g/mol. The molecule has 0 radical (unpaired) electrons. The Hall–Kier alpha value is -4.10. The van der Waals surface area contributed by atoms with Crippen molar-refractivity contribution in [1.82, 2.24) is 0 Å². The Morgan fingerprint density at radius 3 is 2.40 bits per heavy atom. The molecule has 1 amide bonds. The molecule has 0 aliphatic heterocycles. The number of benzene rings is 3. The summed E-state index contributed by atoms with van der Waals surface area (Å²) in [5, 5.41) is 3.62. The molecule has 3 aromatic carbocycles. The second-order valence-corrected chi connectivity index (χ2v) is 8.17. The number of ketones is 1. The van der Waals surface area contributed by atoms with Crippen LogP contribution in [0.5, 0.6) is 11.5 Å². The highest BCUT2D eigenvalue weighted by atomic mass is 35.5. The van der Waals surface area contributed by atoms with E-state index in [0.717, 1.165) is 0 Å². The molecular formula is C27H22ClNO6. The molecule has 0 aliphatic rings. The fourth-order valence-corrected chi connectivity index (χ4v) is 3.78. The lowest BCUT2D eigenvalue weighted by Crippen LogP contribution is -2.13. The Kier molecular flexibility index (Phi) is 7.17. The lowest BCUT2D eigenvalue weighted by atomic mass is 10.1. The van der Waals surface area contributed by atoms with Gasteiger partial charge in [-0.2, -0.15) is 0 Å². The monoisotopic (exact) mass is 491 g/mol. The number of rotatable bonds is 8. The number of Topliss-reactive ketones (excluding diaryl/α,β-unsaturated/α-hetero) is 1. The minimum atomic E-state index is -0.307. The van der Waals surface area contributed by atoms with Crippen LogP contribution >= 0.6 is 11.6 Å². The summed E-state index contributed by atoms with van der Waals surface area (Å²) in [6.07, 6.45) is 0.00686. The van der Waals surface area contributed by atoms with Gasteiger partial charge in [-0.25, -0.2) is 0 Å². The van der Waals surface area contributed by atoms with Gasteiger partial charge >= 0.3 is 0 Å². The third-order valence-electron chi connectivity index (χ3n) is 5.43. The zero-order chi connectivity index (χ0) is 24.9. The van der Waals surface area contributed by atoms with Crippen molar-refractivity contribution in [3.63, 3.8) is 0 Å². The number of hydrogen-bond acceptors (Lipinski definition) is 6. The van der Waals surface area contributed by atoms with Gasteiger partial charge in [0.25, 0.3) is 0 Å². The maximum atomic E-state index is 12.5. The first-order valence-corrected chi connectivity index (χ1v) is 11.1. The molecule has 0 saturated carbocycles. The van der Waals surface area contributed by atoms with E-state index in [1.54, 1.807) is 54.6 Å². The third-order valence-corrected chi connectivity index (χ3v) is 5.66. The van der Waals surface area contributed by atoms with E-state index in [2.05, 4.69) is 5.32 Å². The molecule has 1 aromatic heterocycles. The van der Waals surface area contributed by atoms with Gasteiger partial charge in [0.2, 0.25) is 5.91 Å². The zero-order valence-corrected chi connectivity index (χ0v) is 19.8. The van der Waals surface area contributed by atoms with Crippen molar-refractivity contribution < 1.29 is 23.5 Å². The Morgan fingerprint density at radius 2 is 1.69 bits per heavy atom. The number of nitrogens with one attached hydrogen (secondary N) is 1. The third kappa shape index (κ3) is 5.53. The summed E-state index contributed by atoms with van der Waals surface area (Å²) in [4.78, 5) is 37.4. The molecule has 178 valence electrons. The topological polar surface area (TPSA) is 94.8 Å². The van der Waals surface area contributed by atoms with E-state index < -0.39 is 0 Å². The van der Waals surface area contributed by atoms with E-state index in [4.69, 9.17) is 25.5 Å². The van der Waals surface area contributed by atoms with Crippen molar-refractivity contribution in [2.75, 3.05) is 19.5 Å². The van der Waals surface area contributed by atoms with Gasteiger partial charge in [-0.15, -0.1) is 0 Å². The standard InChI is InChI=1S/C27H22ClNO6/c1-33-19-8-11-25-21(14-19)23(31)15-26(35-25)16-3-6-18(7-4-16)29-27(32)12-9-22(30)20-13-17(28)5-10-24(20)34-2/h3-8,10-11,13-15H,9,12H2,1-2H3,(H,29,32). The summed E-state index contributed by atoms with van der Waals surface area (Å²) in [6, 6.07) is 18.1. The van der Waals surface area contributed by atoms with Crippen LogP contribution in [0, 0.1) is 0 Å². The smallest absolute Gasteiger partial charge is 0.224 e. The largest absolute Gasteiger partial charge is 0.497 e. The van der Waals surface area contributed by atoms with Gasteiger partial charge in [-0.1, -0.05) is 11.6 Å². The van der Waals surface area contributed by atoms with E-state index in [1.165, 1.54) is 26.4 Å². The van der Waals surface area contributed by atoms with E-state index in [0.29, 0.717) is 50.1 Å². The summed E-state index contributed by atoms with van der Waals surface area (Å²) in [7, 11) is 3.00. The summed E-state index contributed by atoms with van der Waals surface area (Å²) >= 11 is 5.98.